The number of carbonyl (C=O) groups excluding carboxylic acids is 1. The Morgan fingerprint density at radius 2 is 2.08 bits per heavy atom. The summed E-state index contributed by atoms with van der Waals surface area (Å²) in [6.45, 7) is 0.481. The molecule has 4 aromatic heterocycles. The molecule has 6 aromatic rings. The minimum atomic E-state index is -0.174. The van der Waals surface area contributed by atoms with Gasteiger partial charge in [-0.25, -0.2) is 15.0 Å². The highest BCUT2D eigenvalue weighted by atomic mass is 32.1. The molecule has 0 spiro atoms. The number of H-pyrrole nitrogens is 1. The lowest BCUT2D eigenvalue weighted by molar-refractivity contribution is 0.0954. The van der Waals surface area contributed by atoms with Crippen LogP contribution in [0.1, 0.15) is 16.1 Å². The van der Waals surface area contributed by atoms with Gasteiger partial charge in [0.2, 0.25) is 5.88 Å². The van der Waals surface area contributed by atoms with E-state index in [2.05, 4.69) is 25.3 Å². The van der Waals surface area contributed by atoms with Gasteiger partial charge in [0.15, 0.2) is 4.96 Å². The minimum absolute atomic E-state index is 0.0859. The Labute approximate surface area is 215 Å². The van der Waals surface area contributed by atoms with Crippen molar-refractivity contribution in [2.24, 2.45) is 0 Å². The van der Waals surface area contributed by atoms with Crippen LogP contribution in [-0.4, -0.2) is 49.0 Å². The number of aromatic nitrogens is 5. The molecule has 0 unspecified atom stereocenters. The number of fused-ring (bicyclic) bond motifs is 2. The Balaban J connectivity index is 1.22. The first-order valence-electron chi connectivity index (χ1n) is 11.6. The summed E-state index contributed by atoms with van der Waals surface area (Å²) in [6, 6.07) is 14.3. The average molecular weight is 511 g/mol. The number of nitrogens with zero attached hydrogens (tertiary/aromatic N) is 4. The maximum absolute atomic E-state index is 12.8. The molecule has 0 saturated heterocycles. The quantitative estimate of drug-likeness (QED) is 0.287. The first-order chi connectivity index (χ1) is 18.1. The lowest BCUT2D eigenvalue weighted by Gasteiger charge is -2.09. The predicted molar refractivity (Wildman–Crippen MR) is 142 cm³/mol. The Morgan fingerprint density at radius 3 is 2.95 bits per heavy atom. The highest BCUT2D eigenvalue weighted by Gasteiger charge is 2.15. The molecular formula is C27H22N6O3S. The summed E-state index contributed by atoms with van der Waals surface area (Å²) in [4.78, 5) is 30.4. The number of thiazole rings is 1. The summed E-state index contributed by atoms with van der Waals surface area (Å²) in [5.74, 6) is 0.900. The molecule has 184 valence electrons. The molecule has 0 aliphatic carbocycles. The second-order valence-electron chi connectivity index (χ2n) is 8.44. The largest absolute Gasteiger partial charge is 0.507 e. The number of benzene rings is 2. The number of hydrogen-bond donors (Lipinski definition) is 3. The summed E-state index contributed by atoms with van der Waals surface area (Å²) in [6.07, 6.45) is 6.25. The van der Waals surface area contributed by atoms with E-state index >= 15 is 0 Å². The standard InChI is InChI=1S/C27H22N6O3S/c1-36-26-19(3-2-9-29-26)16-5-7-23(34)20(13-16)24-31-21-6-4-17(14-22(21)32-24)25(35)28-10-8-18-15-33-11-12-37-27(33)30-18/h2-7,9,11-15,34H,8,10H2,1H3,(H,28,35)(H,31,32). The van der Waals surface area contributed by atoms with Gasteiger partial charge in [0, 0.05) is 48.1 Å². The van der Waals surface area contributed by atoms with E-state index in [1.165, 1.54) is 0 Å². The Kier molecular flexibility index (Phi) is 5.78. The fourth-order valence-corrected chi connectivity index (χ4v) is 4.97. The lowest BCUT2D eigenvalue weighted by Crippen LogP contribution is -2.25. The number of phenols is 1. The molecule has 2 aromatic carbocycles. The van der Waals surface area contributed by atoms with E-state index in [1.54, 1.807) is 55.0 Å². The van der Waals surface area contributed by atoms with E-state index in [-0.39, 0.29) is 11.7 Å². The zero-order valence-electron chi connectivity index (χ0n) is 19.8. The molecule has 0 aliphatic heterocycles. The second-order valence-corrected chi connectivity index (χ2v) is 9.31. The predicted octanol–water partition coefficient (Wildman–Crippen LogP) is 4.69. The van der Waals surface area contributed by atoms with Gasteiger partial charge in [-0.15, -0.1) is 11.3 Å². The van der Waals surface area contributed by atoms with E-state index in [4.69, 9.17) is 4.74 Å². The highest BCUT2D eigenvalue weighted by Crippen LogP contribution is 2.35. The van der Waals surface area contributed by atoms with Gasteiger partial charge in [-0.05, 0) is 48.0 Å². The zero-order chi connectivity index (χ0) is 25.4. The van der Waals surface area contributed by atoms with Gasteiger partial charge in [0.25, 0.3) is 5.91 Å². The number of carbonyl (C=O) groups is 1. The maximum atomic E-state index is 12.8. The Morgan fingerprint density at radius 1 is 1.16 bits per heavy atom. The monoisotopic (exact) mass is 510 g/mol. The normalized spacial score (nSPS) is 11.3. The fourth-order valence-electron chi connectivity index (χ4n) is 4.25. The molecule has 37 heavy (non-hydrogen) atoms. The SMILES string of the molecule is COc1ncccc1-c1ccc(O)c(-c2nc3ccc(C(=O)NCCc4cn5ccsc5n4)cc3[nH]2)c1. The third-order valence-corrected chi connectivity index (χ3v) is 6.85. The van der Waals surface area contributed by atoms with Gasteiger partial charge in [-0.1, -0.05) is 6.07 Å². The zero-order valence-corrected chi connectivity index (χ0v) is 20.6. The van der Waals surface area contributed by atoms with Crippen LogP contribution in [0.25, 0.3) is 38.5 Å². The minimum Gasteiger partial charge on any atom is -0.507 e. The number of rotatable bonds is 7. The number of aromatic hydroxyl groups is 1. The number of amides is 1. The summed E-state index contributed by atoms with van der Waals surface area (Å²) >= 11 is 1.58. The summed E-state index contributed by atoms with van der Waals surface area (Å²) in [7, 11) is 1.57. The van der Waals surface area contributed by atoms with Crippen LogP contribution in [0, 0.1) is 0 Å². The summed E-state index contributed by atoms with van der Waals surface area (Å²) < 4.78 is 7.36. The molecule has 9 nitrogen and oxygen atoms in total. The van der Waals surface area contributed by atoms with Crippen molar-refractivity contribution >= 4 is 33.2 Å². The van der Waals surface area contributed by atoms with E-state index in [9.17, 15) is 9.90 Å². The van der Waals surface area contributed by atoms with Crippen molar-refractivity contribution in [1.29, 1.82) is 0 Å². The van der Waals surface area contributed by atoms with Gasteiger partial charge >= 0.3 is 0 Å². The van der Waals surface area contributed by atoms with Crippen LogP contribution in [0.2, 0.25) is 0 Å². The molecule has 0 fully saturated rings. The van der Waals surface area contributed by atoms with Crippen LogP contribution in [0.5, 0.6) is 11.6 Å². The van der Waals surface area contributed by atoms with Crippen LogP contribution in [-0.2, 0) is 6.42 Å². The number of pyridine rings is 1. The van der Waals surface area contributed by atoms with Crippen molar-refractivity contribution in [3.63, 3.8) is 0 Å². The van der Waals surface area contributed by atoms with Crippen LogP contribution in [0.15, 0.2) is 72.5 Å². The van der Waals surface area contributed by atoms with Gasteiger partial charge in [-0.2, -0.15) is 0 Å². The topological polar surface area (TPSA) is 117 Å². The molecule has 3 N–H and O–H groups in total. The maximum Gasteiger partial charge on any atom is 0.251 e. The number of aromatic amines is 1. The molecule has 0 aliphatic rings. The first kappa shape index (κ1) is 22.7. The van der Waals surface area contributed by atoms with Gasteiger partial charge in [0.1, 0.15) is 11.6 Å². The fraction of sp³-hybridized carbons (Fsp3) is 0.111. The van der Waals surface area contributed by atoms with Gasteiger partial charge in [0.05, 0.1) is 29.4 Å². The summed E-state index contributed by atoms with van der Waals surface area (Å²) in [5.41, 5.74) is 5.01. The van der Waals surface area contributed by atoms with Crippen LogP contribution < -0.4 is 10.1 Å². The van der Waals surface area contributed by atoms with E-state index < -0.39 is 0 Å². The molecule has 0 radical (unpaired) electrons. The van der Waals surface area contributed by atoms with Crippen LogP contribution >= 0.6 is 11.3 Å². The van der Waals surface area contributed by atoms with E-state index in [0.29, 0.717) is 46.8 Å². The average Bonchev–Trinajstić information content (AvgIpc) is 3.63. The lowest BCUT2D eigenvalue weighted by atomic mass is 10.0. The van der Waals surface area contributed by atoms with Crippen LogP contribution in [0.4, 0.5) is 0 Å². The van der Waals surface area contributed by atoms with Crippen molar-refractivity contribution in [2.75, 3.05) is 13.7 Å². The Hall–Kier alpha value is -4.70. The Bertz CT molecular complexity index is 1720. The van der Waals surface area contributed by atoms with Crippen molar-refractivity contribution in [3.8, 4) is 34.1 Å². The number of ether oxygens (including phenoxy) is 1. The molecular weight excluding hydrogens is 488 g/mol. The third-order valence-electron chi connectivity index (χ3n) is 6.08. The molecule has 4 heterocycles. The molecule has 6 rings (SSSR count). The number of nitrogens with one attached hydrogen (secondary N) is 2. The van der Waals surface area contributed by atoms with Crippen molar-refractivity contribution < 1.29 is 14.6 Å². The van der Waals surface area contributed by atoms with Crippen molar-refractivity contribution in [3.05, 3.63) is 83.8 Å². The van der Waals surface area contributed by atoms with Crippen molar-refractivity contribution in [2.45, 2.75) is 6.42 Å². The van der Waals surface area contributed by atoms with Gasteiger partial charge < -0.3 is 20.1 Å². The first-order valence-corrected chi connectivity index (χ1v) is 12.5. The number of phenolic OH excluding ortho intramolecular Hbond substituents is 1. The van der Waals surface area contributed by atoms with E-state index in [0.717, 1.165) is 21.8 Å². The molecule has 0 atom stereocenters. The smallest absolute Gasteiger partial charge is 0.251 e. The molecule has 1 amide bonds. The van der Waals surface area contributed by atoms with Gasteiger partial charge in [-0.3, -0.25) is 9.20 Å². The highest BCUT2D eigenvalue weighted by molar-refractivity contribution is 7.15. The van der Waals surface area contributed by atoms with Crippen molar-refractivity contribution in [1.82, 2.24) is 29.7 Å². The second kappa shape index (κ2) is 9.40. The van der Waals surface area contributed by atoms with Crippen LogP contribution in [0.3, 0.4) is 0 Å². The molecule has 10 heteroatoms. The van der Waals surface area contributed by atoms with E-state index in [1.807, 2.05) is 40.4 Å². The number of hydrogen-bond acceptors (Lipinski definition) is 7. The number of imidazole rings is 2. The number of methoxy groups -OCH3 is 1. The third kappa shape index (κ3) is 4.38. The molecule has 0 saturated carbocycles. The molecule has 0 bridgehead atoms. The summed E-state index contributed by atoms with van der Waals surface area (Å²) in [5, 5.41) is 15.5.